The van der Waals surface area contributed by atoms with Crippen molar-refractivity contribution in [2.24, 2.45) is 0 Å². The maximum Gasteiger partial charge on any atom is 0.333 e. The zero-order valence-corrected chi connectivity index (χ0v) is 34.7. The first-order valence-corrected chi connectivity index (χ1v) is 19.5. The highest BCUT2D eigenvalue weighted by molar-refractivity contribution is 6.07. The minimum atomic E-state index is -1.58. The van der Waals surface area contributed by atoms with E-state index in [1.807, 2.05) is 0 Å². The molecule has 326 valence electrons. The Bertz CT molecular complexity index is 1610. The van der Waals surface area contributed by atoms with Crippen LogP contribution in [0, 0.1) is 11.8 Å². The Kier molecular flexibility index (Phi) is 25.1. The van der Waals surface area contributed by atoms with Crippen molar-refractivity contribution in [3.05, 3.63) is 48.6 Å². The lowest BCUT2D eigenvalue weighted by atomic mass is 10.0. The van der Waals surface area contributed by atoms with Crippen molar-refractivity contribution >= 4 is 47.6 Å². The summed E-state index contributed by atoms with van der Waals surface area (Å²) in [5, 5.41) is 0. The highest BCUT2D eigenvalue weighted by Crippen LogP contribution is 2.27. The van der Waals surface area contributed by atoms with Gasteiger partial charge in [0.15, 0.2) is 12.2 Å². The number of carbonyl (C=O) groups excluding carboxylic acids is 8. The summed E-state index contributed by atoms with van der Waals surface area (Å²) in [6, 6.07) is 0. The Morgan fingerprint density at radius 1 is 0.508 bits per heavy atom. The molecule has 59 heavy (non-hydrogen) atoms. The minimum absolute atomic E-state index is 0.0211. The summed E-state index contributed by atoms with van der Waals surface area (Å²) in [4.78, 5) is 99.0. The number of hydrogen-bond donors (Lipinski definition) is 0. The van der Waals surface area contributed by atoms with Crippen molar-refractivity contribution in [1.82, 2.24) is 0 Å². The van der Waals surface area contributed by atoms with E-state index in [0.29, 0.717) is 44.1 Å². The van der Waals surface area contributed by atoms with Crippen LogP contribution in [-0.4, -0.2) is 98.6 Å². The Morgan fingerprint density at radius 3 is 1.32 bits per heavy atom. The lowest BCUT2D eigenvalue weighted by Gasteiger charge is -2.40. The number of esters is 7. The van der Waals surface area contributed by atoms with Crippen LogP contribution in [-0.2, 0) is 76.3 Å². The molecule has 0 aliphatic carbocycles. The molecule has 1 fully saturated rings. The molecule has 0 aromatic carbocycles. The maximum absolute atomic E-state index is 13.2. The SMILES string of the molecule is C=C(C)C(=O)C#CCCCCC(=O)O[C@H]1C(OC(=O)CCCCOC(=O)C(=C)C)OC[C@@H](OC(=O)CCCCOC(=O)C(=C)C)[C@@H]1OC(=O)CCCCOC(=O)C(=C)C. The molecule has 1 unspecified atom stereocenters. The number of allylic oxidation sites excluding steroid dienone is 1. The van der Waals surface area contributed by atoms with E-state index in [1.54, 1.807) is 6.92 Å². The van der Waals surface area contributed by atoms with Crippen molar-refractivity contribution < 1.29 is 76.3 Å². The van der Waals surface area contributed by atoms with Gasteiger partial charge in [-0.05, 0) is 90.6 Å². The van der Waals surface area contributed by atoms with Crippen LogP contribution in [0.15, 0.2) is 48.6 Å². The third kappa shape index (κ3) is 22.8. The highest BCUT2D eigenvalue weighted by atomic mass is 16.7. The van der Waals surface area contributed by atoms with E-state index in [2.05, 4.69) is 38.2 Å². The van der Waals surface area contributed by atoms with Gasteiger partial charge in [-0.3, -0.25) is 24.0 Å². The Hall–Kier alpha value is -5.56. The van der Waals surface area contributed by atoms with Crippen molar-refractivity contribution in [3.63, 3.8) is 0 Å². The number of hydrogen-bond acceptors (Lipinski definition) is 16. The van der Waals surface area contributed by atoms with Crippen LogP contribution in [0.5, 0.6) is 0 Å². The monoisotopic (exact) mass is 830 g/mol. The zero-order chi connectivity index (χ0) is 44.3. The smallest absolute Gasteiger partial charge is 0.333 e. The number of Topliss-reactive ketones (excluding diaryl/α,β-unsaturated/α-hetero) is 1. The van der Waals surface area contributed by atoms with Gasteiger partial charge in [0.1, 0.15) is 0 Å². The van der Waals surface area contributed by atoms with Gasteiger partial charge < -0.3 is 37.9 Å². The minimum Gasteiger partial charge on any atom is -0.462 e. The van der Waals surface area contributed by atoms with Crippen LogP contribution in [0.2, 0.25) is 0 Å². The van der Waals surface area contributed by atoms with Crippen LogP contribution in [0.25, 0.3) is 0 Å². The molecular weight excluding hydrogens is 772 g/mol. The van der Waals surface area contributed by atoms with Gasteiger partial charge in [-0.15, -0.1) is 0 Å². The fraction of sp³-hybridized carbons (Fsp3) is 0.581. The quantitative estimate of drug-likeness (QED) is 0.0260. The number of carbonyl (C=O) groups is 8. The molecule has 0 aromatic rings. The highest BCUT2D eigenvalue weighted by Gasteiger charge is 2.49. The molecule has 4 atom stereocenters. The molecule has 0 amide bonds. The molecule has 1 rings (SSSR count). The predicted molar refractivity (Wildman–Crippen MR) is 210 cm³/mol. The molecular formula is C43H58O16. The summed E-state index contributed by atoms with van der Waals surface area (Å²) in [6.07, 6.45) is -3.75. The Labute approximate surface area is 346 Å². The normalized spacial score (nSPS) is 16.7. The number of ketones is 1. The molecule has 1 saturated heterocycles. The van der Waals surface area contributed by atoms with Gasteiger partial charge >= 0.3 is 41.8 Å². The second-order valence-electron chi connectivity index (χ2n) is 13.9. The fourth-order valence-electron chi connectivity index (χ4n) is 4.76. The summed E-state index contributed by atoms with van der Waals surface area (Å²) >= 11 is 0. The molecule has 0 radical (unpaired) electrons. The molecule has 0 bridgehead atoms. The van der Waals surface area contributed by atoms with Gasteiger partial charge in [0.05, 0.1) is 26.4 Å². The lowest BCUT2D eigenvalue weighted by Crippen LogP contribution is -2.58. The summed E-state index contributed by atoms with van der Waals surface area (Å²) in [7, 11) is 0. The first kappa shape index (κ1) is 51.5. The fourth-order valence-corrected chi connectivity index (χ4v) is 4.76. The van der Waals surface area contributed by atoms with Crippen LogP contribution in [0.4, 0.5) is 0 Å². The van der Waals surface area contributed by atoms with Gasteiger partial charge in [0, 0.05) is 48.8 Å². The third-order valence-corrected chi connectivity index (χ3v) is 8.04. The zero-order valence-electron chi connectivity index (χ0n) is 34.7. The summed E-state index contributed by atoms with van der Waals surface area (Å²) in [5.41, 5.74) is 0.989. The first-order valence-electron chi connectivity index (χ1n) is 19.5. The molecule has 1 aliphatic rings. The van der Waals surface area contributed by atoms with E-state index in [0.717, 1.165) is 0 Å². The Morgan fingerprint density at radius 2 is 0.898 bits per heavy atom. The van der Waals surface area contributed by atoms with E-state index < -0.39 is 73.0 Å². The average molecular weight is 831 g/mol. The first-order chi connectivity index (χ1) is 27.9. The van der Waals surface area contributed by atoms with Crippen molar-refractivity contribution in [2.75, 3.05) is 26.4 Å². The van der Waals surface area contributed by atoms with Crippen molar-refractivity contribution in [3.8, 4) is 11.8 Å². The summed E-state index contributed by atoms with van der Waals surface area (Å²) in [5.74, 6) is 0.0625. The maximum atomic E-state index is 13.2. The van der Waals surface area contributed by atoms with E-state index in [1.165, 1.54) is 20.8 Å². The van der Waals surface area contributed by atoms with Gasteiger partial charge in [-0.25, -0.2) is 14.4 Å². The lowest BCUT2D eigenvalue weighted by molar-refractivity contribution is -0.275. The number of ether oxygens (including phenoxy) is 8. The van der Waals surface area contributed by atoms with Crippen LogP contribution in [0.3, 0.4) is 0 Å². The standard InChI is InChI=1S/C43H58O16/c1-28(2)32(44)19-11-9-10-12-20-36(47)58-39-38(57-35(46)22-14-17-25-53-41(50)30(5)6)33(56-34(45)21-13-16-24-52-40(49)29(3)4)27-55-43(39)59-37(48)23-15-18-26-54-42(51)31(7)8/h33,38-39,43H,1,3,5,7,9-10,12-18,20-27H2,2,4,6,8H3/t33-,38+,39-,43?/m1/s1. The topological polar surface area (TPSA) is 210 Å². The molecule has 0 saturated carbocycles. The second-order valence-corrected chi connectivity index (χ2v) is 13.9. The molecule has 16 heteroatoms. The average Bonchev–Trinajstić information content (AvgIpc) is 3.17. The third-order valence-electron chi connectivity index (χ3n) is 8.04. The van der Waals surface area contributed by atoms with E-state index in [-0.39, 0.29) is 87.3 Å². The largest absolute Gasteiger partial charge is 0.462 e. The second kappa shape index (κ2) is 28.8. The van der Waals surface area contributed by atoms with Crippen molar-refractivity contribution in [2.45, 2.75) is 136 Å². The van der Waals surface area contributed by atoms with Crippen molar-refractivity contribution in [1.29, 1.82) is 0 Å². The molecule has 1 heterocycles. The van der Waals surface area contributed by atoms with Crippen LogP contribution >= 0.6 is 0 Å². The van der Waals surface area contributed by atoms with E-state index in [4.69, 9.17) is 37.9 Å². The molecule has 0 N–H and O–H groups in total. The van der Waals surface area contributed by atoms with Crippen LogP contribution < -0.4 is 0 Å². The van der Waals surface area contributed by atoms with Gasteiger partial charge in [0.2, 0.25) is 18.2 Å². The van der Waals surface area contributed by atoms with Gasteiger partial charge in [0.25, 0.3) is 0 Å². The number of unbranched alkanes of at least 4 members (excludes halogenated alkanes) is 5. The van der Waals surface area contributed by atoms with E-state index >= 15 is 0 Å². The Balaban J connectivity index is 3.17. The molecule has 1 aliphatic heterocycles. The summed E-state index contributed by atoms with van der Waals surface area (Å²) < 4.78 is 43.7. The molecule has 0 aromatic heterocycles. The molecule has 16 nitrogen and oxygen atoms in total. The van der Waals surface area contributed by atoms with Gasteiger partial charge in [-0.2, -0.15) is 0 Å². The number of rotatable bonds is 27. The predicted octanol–water partition coefficient (Wildman–Crippen LogP) is 5.20. The van der Waals surface area contributed by atoms with E-state index in [9.17, 15) is 38.4 Å². The van der Waals surface area contributed by atoms with Gasteiger partial charge in [-0.1, -0.05) is 32.2 Å². The summed E-state index contributed by atoms with van der Waals surface area (Å²) in [6.45, 7) is 19.8. The molecule has 0 spiro atoms. The van der Waals surface area contributed by atoms with Crippen LogP contribution in [0.1, 0.15) is 111 Å².